The van der Waals surface area contributed by atoms with Gasteiger partial charge >= 0.3 is 0 Å². The first-order valence-electron chi connectivity index (χ1n) is 8.82. The van der Waals surface area contributed by atoms with Gasteiger partial charge in [0.25, 0.3) is 5.56 Å². The van der Waals surface area contributed by atoms with Gasteiger partial charge in [-0.3, -0.25) is 19.1 Å². The topological polar surface area (TPSA) is 105 Å². The van der Waals surface area contributed by atoms with E-state index in [1.165, 1.54) is 0 Å². The van der Waals surface area contributed by atoms with Crippen LogP contribution in [0.1, 0.15) is 25.5 Å². The SMILES string of the molecule is Cn1ncc2c(=O)[nH]c(N3CCC(C)(c4ccn(CCO)n4)CC3)nc21. The normalized spacial score (nSPS) is 17.1. The number of hydrogen-bond donors (Lipinski definition) is 2. The van der Waals surface area contributed by atoms with Gasteiger partial charge in [0.05, 0.1) is 25.0 Å². The minimum absolute atomic E-state index is 0.0197. The van der Waals surface area contributed by atoms with E-state index in [1.807, 2.05) is 12.3 Å². The molecule has 1 saturated heterocycles. The molecule has 4 heterocycles. The van der Waals surface area contributed by atoms with Crippen molar-refractivity contribution in [2.24, 2.45) is 7.05 Å². The molecule has 0 aliphatic carbocycles. The quantitative estimate of drug-likeness (QED) is 0.700. The summed E-state index contributed by atoms with van der Waals surface area (Å²) in [7, 11) is 1.79. The van der Waals surface area contributed by atoms with E-state index in [4.69, 9.17) is 5.11 Å². The van der Waals surface area contributed by atoms with E-state index in [0.29, 0.717) is 23.5 Å². The van der Waals surface area contributed by atoms with Gasteiger partial charge in [-0.05, 0) is 18.9 Å². The lowest BCUT2D eigenvalue weighted by Crippen LogP contribution is -2.42. The predicted molar refractivity (Wildman–Crippen MR) is 97.2 cm³/mol. The number of aromatic amines is 1. The van der Waals surface area contributed by atoms with Crippen molar-refractivity contribution in [2.75, 3.05) is 24.6 Å². The Labute approximate surface area is 150 Å². The van der Waals surface area contributed by atoms with E-state index in [1.54, 1.807) is 22.6 Å². The van der Waals surface area contributed by atoms with Crippen molar-refractivity contribution in [2.45, 2.75) is 31.7 Å². The molecule has 0 radical (unpaired) electrons. The van der Waals surface area contributed by atoms with Crippen molar-refractivity contribution in [3.63, 3.8) is 0 Å². The molecule has 0 amide bonds. The van der Waals surface area contributed by atoms with Crippen LogP contribution in [-0.4, -0.2) is 54.3 Å². The van der Waals surface area contributed by atoms with E-state index in [9.17, 15) is 4.79 Å². The lowest BCUT2D eigenvalue weighted by Gasteiger charge is -2.38. The average molecular weight is 357 g/mol. The van der Waals surface area contributed by atoms with Crippen molar-refractivity contribution in [3.8, 4) is 0 Å². The Kier molecular flexibility index (Phi) is 4.03. The third-order valence-corrected chi connectivity index (χ3v) is 5.34. The fraction of sp³-hybridized carbons (Fsp3) is 0.529. The smallest absolute Gasteiger partial charge is 0.263 e. The third-order valence-electron chi connectivity index (χ3n) is 5.34. The van der Waals surface area contributed by atoms with Gasteiger partial charge in [0.1, 0.15) is 5.39 Å². The molecule has 1 fully saturated rings. The summed E-state index contributed by atoms with van der Waals surface area (Å²) in [5.74, 6) is 0.596. The van der Waals surface area contributed by atoms with E-state index in [2.05, 4.69) is 32.0 Å². The number of piperidine rings is 1. The van der Waals surface area contributed by atoms with Crippen LogP contribution in [0.15, 0.2) is 23.3 Å². The van der Waals surface area contributed by atoms with Crippen LogP contribution in [0.2, 0.25) is 0 Å². The number of H-pyrrole nitrogens is 1. The Balaban J connectivity index is 1.54. The number of anilines is 1. The Hall–Kier alpha value is -2.68. The maximum atomic E-state index is 12.3. The van der Waals surface area contributed by atoms with Crippen LogP contribution in [-0.2, 0) is 19.0 Å². The number of aliphatic hydroxyl groups excluding tert-OH is 1. The van der Waals surface area contributed by atoms with Gasteiger partial charge < -0.3 is 10.0 Å². The summed E-state index contributed by atoms with van der Waals surface area (Å²) in [5, 5.41) is 18.3. The molecule has 1 aliphatic rings. The number of nitrogens with one attached hydrogen (secondary N) is 1. The highest BCUT2D eigenvalue weighted by molar-refractivity contribution is 5.74. The zero-order valence-electron chi connectivity index (χ0n) is 15.0. The minimum atomic E-state index is -0.158. The third kappa shape index (κ3) is 2.78. The Morgan fingerprint density at radius 1 is 1.35 bits per heavy atom. The number of rotatable bonds is 4. The second-order valence-corrected chi connectivity index (χ2v) is 7.13. The second-order valence-electron chi connectivity index (χ2n) is 7.13. The van der Waals surface area contributed by atoms with Crippen molar-refractivity contribution in [1.29, 1.82) is 0 Å². The maximum absolute atomic E-state index is 12.3. The molecular weight excluding hydrogens is 334 g/mol. The molecular formula is C17H23N7O2. The highest BCUT2D eigenvalue weighted by Gasteiger charge is 2.34. The number of fused-ring (bicyclic) bond motifs is 1. The molecule has 9 heteroatoms. The number of aromatic nitrogens is 6. The first kappa shape index (κ1) is 16.8. The summed E-state index contributed by atoms with van der Waals surface area (Å²) in [6.07, 6.45) is 5.28. The Morgan fingerprint density at radius 2 is 2.12 bits per heavy atom. The Bertz CT molecular complexity index is 979. The molecule has 1 aliphatic heterocycles. The van der Waals surface area contributed by atoms with Gasteiger partial charge in [-0.25, -0.2) is 0 Å². The van der Waals surface area contributed by atoms with Crippen molar-refractivity contribution in [1.82, 2.24) is 29.5 Å². The Morgan fingerprint density at radius 3 is 2.85 bits per heavy atom. The highest BCUT2D eigenvalue weighted by atomic mass is 16.3. The molecule has 0 unspecified atom stereocenters. The molecule has 0 atom stereocenters. The largest absolute Gasteiger partial charge is 0.394 e. The molecule has 0 aromatic carbocycles. The molecule has 3 aromatic heterocycles. The molecule has 4 rings (SSSR count). The van der Waals surface area contributed by atoms with Crippen molar-refractivity contribution >= 4 is 17.0 Å². The van der Waals surface area contributed by atoms with Gasteiger partial charge in [0, 0.05) is 31.7 Å². The standard InChI is InChI=1S/C17H23N7O2/c1-17(13-3-6-24(21-13)9-10-25)4-7-23(8-5-17)16-19-14-12(15(26)20-16)11-18-22(14)2/h3,6,11,25H,4-5,7-10H2,1-2H3,(H,19,20,26). The number of nitrogens with zero attached hydrogens (tertiary/aromatic N) is 6. The van der Waals surface area contributed by atoms with Gasteiger partial charge in [-0.15, -0.1) is 0 Å². The number of aryl methyl sites for hydroxylation is 1. The first-order chi connectivity index (χ1) is 12.5. The van der Waals surface area contributed by atoms with E-state index in [0.717, 1.165) is 31.6 Å². The molecule has 0 spiro atoms. The number of hydrogen-bond acceptors (Lipinski definition) is 6. The minimum Gasteiger partial charge on any atom is -0.394 e. The highest BCUT2D eigenvalue weighted by Crippen LogP contribution is 2.34. The summed E-state index contributed by atoms with van der Waals surface area (Å²) in [6.45, 7) is 4.39. The van der Waals surface area contributed by atoms with E-state index < -0.39 is 0 Å². The van der Waals surface area contributed by atoms with Crippen LogP contribution >= 0.6 is 0 Å². The molecule has 3 aromatic rings. The summed E-state index contributed by atoms with van der Waals surface area (Å²) in [4.78, 5) is 21.8. The van der Waals surface area contributed by atoms with Gasteiger partial charge in [0.2, 0.25) is 5.95 Å². The maximum Gasteiger partial charge on any atom is 0.263 e. The summed E-state index contributed by atoms with van der Waals surface area (Å²) >= 11 is 0. The van der Waals surface area contributed by atoms with Gasteiger partial charge in [0.15, 0.2) is 5.65 Å². The van der Waals surface area contributed by atoms with Crippen LogP contribution in [0.3, 0.4) is 0 Å². The fourth-order valence-corrected chi connectivity index (χ4v) is 3.55. The zero-order valence-corrected chi connectivity index (χ0v) is 15.0. The van der Waals surface area contributed by atoms with Crippen LogP contribution < -0.4 is 10.5 Å². The van der Waals surface area contributed by atoms with Gasteiger partial charge in [-0.1, -0.05) is 6.92 Å². The fourth-order valence-electron chi connectivity index (χ4n) is 3.55. The molecule has 0 bridgehead atoms. The monoisotopic (exact) mass is 357 g/mol. The second kappa shape index (κ2) is 6.24. The van der Waals surface area contributed by atoms with Crippen LogP contribution in [0.4, 0.5) is 5.95 Å². The summed E-state index contributed by atoms with van der Waals surface area (Å²) in [5.41, 5.74) is 1.47. The van der Waals surface area contributed by atoms with Crippen LogP contribution in [0, 0.1) is 0 Å². The predicted octanol–water partition coefficient (Wildman–Crippen LogP) is 0.403. The van der Waals surface area contributed by atoms with E-state index >= 15 is 0 Å². The summed E-state index contributed by atoms with van der Waals surface area (Å²) in [6, 6.07) is 2.03. The average Bonchev–Trinajstić information content (AvgIpc) is 3.24. The lowest BCUT2D eigenvalue weighted by molar-refractivity contribution is 0.267. The van der Waals surface area contributed by atoms with Crippen molar-refractivity contribution < 1.29 is 5.11 Å². The van der Waals surface area contributed by atoms with Crippen LogP contribution in [0.5, 0.6) is 0 Å². The zero-order chi connectivity index (χ0) is 18.3. The van der Waals surface area contributed by atoms with Gasteiger partial charge in [-0.2, -0.15) is 15.2 Å². The molecule has 2 N–H and O–H groups in total. The molecule has 26 heavy (non-hydrogen) atoms. The summed E-state index contributed by atoms with van der Waals surface area (Å²) < 4.78 is 3.40. The lowest BCUT2D eigenvalue weighted by atomic mass is 9.78. The first-order valence-corrected chi connectivity index (χ1v) is 8.82. The number of aliphatic hydroxyl groups is 1. The molecule has 138 valence electrons. The van der Waals surface area contributed by atoms with Crippen LogP contribution in [0.25, 0.3) is 11.0 Å². The van der Waals surface area contributed by atoms with E-state index in [-0.39, 0.29) is 17.6 Å². The van der Waals surface area contributed by atoms with Crippen molar-refractivity contribution in [3.05, 3.63) is 34.5 Å². The molecule has 9 nitrogen and oxygen atoms in total. The molecule has 0 saturated carbocycles.